The molecule has 16 heavy (non-hydrogen) atoms. The Labute approximate surface area is 100.0 Å². The Morgan fingerprint density at radius 3 is 2.75 bits per heavy atom. The zero-order chi connectivity index (χ0) is 12.1. The Hall–Kier alpha value is -1.22. The molecule has 0 bridgehead atoms. The number of carbonyl (C=O) groups is 1. The van der Waals surface area contributed by atoms with E-state index >= 15 is 0 Å². The minimum Gasteiger partial charge on any atom is -0.496 e. The van der Waals surface area contributed by atoms with Gasteiger partial charge in [0, 0.05) is 11.4 Å². The Morgan fingerprint density at radius 2 is 2.19 bits per heavy atom. The van der Waals surface area contributed by atoms with Crippen molar-refractivity contribution in [2.24, 2.45) is 0 Å². The van der Waals surface area contributed by atoms with Crippen molar-refractivity contribution in [2.75, 3.05) is 7.11 Å². The molecule has 4 heteroatoms. The molecule has 0 aliphatic heterocycles. The highest BCUT2D eigenvalue weighted by Gasteiger charge is 2.08. The second-order valence-corrected chi connectivity index (χ2v) is 4.10. The quantitative estimate of drug-likeness (QED) is 0.863. The van der Waals surface area contributed by atoms with Crippen molar-refractivity contribution in [1.82, 2.24) is 0 Å². The predicted molar refractivity (Wildman–Crippen MR) is 63.3 cm³/mol. The smallest absolute Gasteiger partial charge is 0.303 e. The summed E-state index contributed by atoms with van der Waals surface area (Å²) >= 11 is 5.95. The van der Waals surface area contributed by atoms with Gasteiger partial charge in [0.2, 0.25) is 0 Å². The monoisotopic (exact) mass is 242 g/mol. The van der Waals surface area contributed by atoms with E-state index in [1.807, 2.05) is 19.1 Å². The summed E-state index contributed by atoms with van der Waals surface area (Å²) in [6.45, 7) is 1.92. The molecule has 0 aliphatic carbocycles. The van der Waals surface area contributed by atoms with Gasteiger partial charge < -0.3 is 9.84 Å². The number of rotatable bonds is 5. The van der Waals surface area contributed by atoms with Crippen LogP contribution in [0.1, 0.15) is 24.0 Å². The largest absolute Gasteiger partial charge is 0.496 e. The van der Waals surface area contributed by atoms with Crippen LogP contribution in [0.3, 0.4) is 0 Å². The Morgan fingerprint density at radius 1 is 1.50 bits per heavy atom. The van der Waals surface area contributed by atoms with Crippen LogP contribution >= 0.6 is 11.6 Å². The fourth-order valence-corrected chi connectivity index (χ4v) is 2.00. The van der Waals surface area contributed by atoms with Gasteiger partial charge in [0.25, 0.3) is 0 Å². The van der Waals surface area contributed by atoms with Gasteiger partial charge in [-0.05, 0) is 43.0 Å². The average Bonchev–Trinajstić information content (AvgIpc) is 2.16. The lowest BCUT2D eigenvalue weighted by Gasteiger charge is -2.11. The standard InChI is InChI=1S/C12H15ClO3/c1-8-6-10(13)7-9(12(8)16-2)4-3-5-11(14)15/h6-7H,3-5H2,1-2H3,(H,14,15). The van der Waals surface area contributed by atoms with Crippen LogP contribution in [0.25, 0.3) is 0 Å². The number of methoxy groups -OCH3 is 1. The number of aliphatic carboxylic acids is 1. The summed E-state index contributed by atoms with van der Waals surface area (Å²) in [5.74, 6) is 0.0208. The zero-order valence-corrected chi connectivity index (χ0v) is 10.2. The van der Waals surface area contributed by atoms with Crippen LogP contribution in [-0.4, -0.2) is 18.2 Å². The van der Waals surface area contributed by atoms with Crippen LogP contribution in [0.2, 0.25) is 5.02 Å². The van der Waals surface area contributed by atoms with Gasteiger partial charge in [0.15, 0.2) is 0 Å². The first kappa shape index (κ1) is 12.8. The van der Waals surface area contributed by atoms with Crippen LogP contribution in [0.5, 0.6) is 5.75 Å². The maximum Gasteiger partial charge on any atom is 0.303 e. The Bertz CT molecular complexity index is 388. The summed E-state index contributed by atoms with van der Waals surface area (Å²) in [5, 5.41) is 9.23. The molecule has 88 valence electrons. The van der Waals surface area contributed by atoms with E-state index in [1.54, 1.807) is 7.11 Å². The van der Waals surface area contributed by atoms with Gasteiger partial charge in [-0.15, -0.1) is 0 Å². The van der Waals surface area contributed by atoms with E-state index in [0.717, 1.165) is 16.9 Å². The molecule has 0 amide bonds. The van der Waals surface area contributed by atoms with Gasteiger partial charge >= 0.3 is 5.97 Å². The van der Waals surface area contributed by atoms with Crippen LogP contribution in [0.4, 0.5) is 0 Å². The highest BCUT2D eigenvalue weighted by Crippen LogP contribution is 2.28. The summed E-state index contributed by atoms with van der Waals surface area (Å²) < 4.78 is 5.28. The molecule has 0 saturated heterocycles. The maximum absolute atomic E-state index is 10.4. The number of ether oxygens (including phenoxy) is 1. The van der Waals surface area contributed by atoms with Crippen molar-refractivity contribution in [1.29, 1.82) is 0 Å². The number of carboxylic acid groups (broad SMARTS) is 1. The lowest BCUT2D eigenvalue weighted by molar-refractivity contribution is -0.137. The minimum absolute atomic E-state index is 0.161. The third-order valence-electron chi connectivity index (χ3n) is 2.36. The topological polar surface area (TPSA) is 46.5 Å². The van der Waals surface area contributed by atoms with Crippen molar-refractivity contribution in [3.05, 3.63) is 28.3 Å². The molecule has 0 aromatic heterocycles. The van der Waals surface area contributed by atoms with Crippen molar-refractivity contribution < 1.29 is 14.6 Å². The Kier molecular flexibility index (Phi) is 4.62. The van der Waals surface area contributed by atoms with Gasteiger partial charge in [-0.25, -0.2) is 0 Å². The molecule has 0 fully saturated rings. The molecule has 0 atom stereocenters. The lowest BCUT2D eigenvalue weighted by atomic mass is 10.0. The third-order valence-corrected chi connectivity index (χ3v) is 2.58. The van der Waals surface area contributed by atoms with Crippen LogP contribution in [0, 0.1) is 6.92 Å². The van der Waals surface area contributed by atoms with E-state index in [4.69, 9.17) is 21.4 Å². The van der Waals surface area contributed by atoms with E-state index in [9.17, 15) is 4.79 Å². The Balaban J connectivity index is 2.81. The van der Waals surface area contributed by atoms with Crippen molar-refractivity contribution in [3.8, 4) is 5.75 Å². The molecule has 1 N–H and O–H groups in total. The van der Waals surface area contributed by atoms with Gasteiger partial charge in [-0.3, -0.25) is 4.79 Å². The van der Waals surface area contributed by atoms with Gasteiger partial charge in [-0.2, -0.15) is 0 Å². The van der Waals surface area contributed by atoms with E-state index in [0.29, 0.717) is 17.9 Å². The molecule has 1 rings (SSSR count). The van der Waals surface area contributed by atoms with Crippen LogP contribution < -0.4 is 4.74 Å². The first-order valence-corrected chi connectivity index (χ1v) is 5.47. The first-order valence-electron chi connectivity index (χ1n) is 5.09. The number of benzene rings is 1. The average molecular weight is 243 g/mol. The SMILES string of the molecule is COc1c(C)cc(Cl)cc1CCCC(=O)O. The summed E-state index contributed by atoms with van der Waals surface area (Å²) in [7, 11) is 1.61. The highest BCUT2D eigenvalue weighted by atomic mass is 35.5. The van der Waals surface area contributed by atoms with Crippen LogP contribution in [-0.2, 0) is 11.2 Å². The minimum atomic E-state index is -0.780. The second-order valence-electron chi connectivity index (χ2n) is 3.66. The molecule has 0 heterocycles. The molecule has 0 saturated carbocycles. The molecule has 0 aliphatic rings. The van der Waals surface area contributed by atoms with E-state index in [1.165, 1.54) is 0 Å². The van der Waals surface area contributed by atoms with Crippen molar-refractivity contribution in [3.63, 3.8) is 0 Å². The number of aryl methyl sites for hydroxylation is 2. The molecule has 0 unspecified atom stereocenters. The molecular formula is C12H15ClO3. The zero-order valence-electron chi connectivity index (χ0n) is 9.42. The van der Waals surface area contributed by atoms with Crippen molar-refractivity contribution >= 4 is 17.6 Å². The summed E-state index contributed by atoms with van der Waals surface area (Å²) in [6, 6.07) is 3.66. The first-order chi connectivity index (χ1) is 7.54. The normalized spacial score (nSPS) is 10.2. The number of halogens is 1. The maximum atomic E-state index is 10.4. The molecule has 1 aromatic carbocycles. The predicted octanol–water partition coefficient (Wildman–Crippen LogP) is 3.06. The summed E-state index contributed by atoms with van der Waals surface area (Å²) in [6.07, 6.45) is 1.41. The lowest BCUT2D eigenvalue weighted by Crippen LogP contribution is -1.99. The second kappa shape index (κ2) is 5.75. The molecular weight excluding hydrogens is 228 g/mol. The van der Waals surface area contributed by atoms with E-state index in [-0.39, 0.29) is 6.42 Å². The summed E-state index contributed by atoms with van der Waals surface area (Å²) in [5.41, 5.74) is 1.94. The molecule has 1 aromatic rings. The third kappa shape index (κ3) is 3.42. The number of hydrogen-bond donors (Lipinski definition) is 1. The fourth-order valence-electron chi connectivity index (χ4n) is 1.71. The van der Waals surface area contributed by atoms with Gasteiger partial charge in [0.1, 0.15) is 5.75 Å². The molecule has 3 nitrogen and oxygen atoms in total. The van der Waals surface area contributed by atoms with Crippen molar-refractivity contribution in [2.45, 2.75) is 26.2 Å². The van der Waals surface area contributed by atoms with E-state index < -0.39 is 5.97 Å². The fraction of sp³-hybridized carbons (Fsp3) is 0.417. The van der Waals surface area contributed by atoms with E-state index in [2.05, 4.69) is 0 Å². The summed E-state index contributed by atoms with van der Waals surface area (Å²) in [4.78, 5) is 10.4. The number of carboxylic acids is 1. The van der Waals surface area contributed by atoms with Crippen LogP contribution in [0.15, 0.2) is 12.1 Å². The highest BCUT2D eigenvalue weighted by molar-refractivity contribution is 6.30. The van der Waals surface area contributed by atoms with Gasteiger partial charge in [-0.1, -0.05) is 11.6 Å². The molecule has 0 spiro atoms. The molecule has 0 radical (unpaired) electrons. The number of hydrogen-bond acceptors (Lipinski definition) is 2. The van der Waals surface area contributed by atoms with Gasteiger partial charge in [0.05, 0.1) is 7.11 Å².